The van der Waals surface area contributed by atoms with Crippen molar-refractivity contribution in [1.82, 2.24) is 10.2 Å². The highest BCUT2D eigenvalue weighted by atomic mass is 16.5. The van der Waals surface area contributed by atoms with E-state index in [1.807, 2.05) is 54.6 Å². The first-order valence-corrected chi connectivity index (χ1v) is 9.18. The lowest BCUT2D eigenvalue weighted by molar-refractivity contribution is 0.140. The lowest BCUT2D eigenvalue weighted by Crippen LogP contribution is -2.39. The van der Waals surface area contributed by atoms with Crippen molar-refractivity contribution >= 4 is 6.09 Å². The summed E-state index contributed by atoms with van der Waals surface area (Å²) >= 11 is 0. The second-order valence-corrected chi connectivity index (χ2v) is 6.43. The highest BCUT2D eigenvalue weighted by Crippen LogP contribution is 2.13. The molecule has 2 aromatic carbocycles. The van der Waals surface area contributed by atoms with Gasteiger partial charge < -0.3 is 14.8 Å². The van der Waals surface area contributed by atoms with Crippen molar-refractivity contribution in [2.45, 2.75) is 19.4 Å². The van der Waals surface area contributed by atoms with Gasteiger partial charge in [0.1, 0.15) is 19.0 Å². The maximum Gasteiger partial charge on any atom is 0.407 e. The van der Waals surface area contributed by atoms with Crippen LogP contribution in [0.25, 0.3) is 0 Å². The Kier molecular flexibility index (Phi) is 6.90. The molecule has 1 N–H and O–H groups in total. The van der Waals surface area contributed by atoms with Crippen LogP contribution in [0.1, 0.15) is 17.5 Å². The van der Waals surface area contributed by atoms with E-state index in [1.54, 1.807) is 0 Å². The average Bonchev–Trinajstić information content (AvgIpc) is 2.64. The number of benzene rings is 2. The summed E-state index contributed by atoms with van der Waals surface area (Å²) in [4.78, 5) is 14.1. The average molecular weight is 354 g/mol. The summed E-state index contributed by atoms with van der Waals surface area (Å²) in [6.45, 7) is 4.95. The molecule has 0 unspecified atom stereocenters. The second kappa shape index (κ2) is 9.82. The summed E-state index contributed by atoms with van der Waals surface area (Å²) in [6.07, 6.45) is 1.68. The van der Waals surface area contributed by atoms with E-state index in [1.165, 1.54) is 19.5 Å². The number of ether oxygens (including phenoxy) is 2. The van der Waals surface area contributed by atoms with Gasteiger partial charge in [-0.2, -0.15) is 0 Å². The van der Waals surface area contributed by atoms with Gasteiger partial charge in [-0.15, -0.1) is 0 Å². The minimum atomic E-state index is -0.389. The molecule has 0 bridgehead atoms. The Hall–Kier alpha value is -2.53. The molecule has 1 heterocycles. The topological polar surface area (TPSA) is 50.8 Å². The Bertz CT molecular complexity index is 669. The molecule has 1 aliphatic rings. The summed E-state index contributed by atoms with van der Waals surface area (Å²) in [6, 6.07) is 17.7. The predicted octanol–water partition coefficient (Wildman–Crippen LogP) is 3.24. The maximum atomic E-state index is 11.7. The molecule has 1 saturated heterocycles. The second-order valence-electron chi connectivity index (χ2n) is 6.43. The molecule has 1 fully saturated rings. The van der Waals surface area contributed by atoms with Gasteiger partial charge in [0, 0.05) is 13.1 Å². The number of carbonyl (C=O) groups excluding carboxylic acids is 1. The normalized spacial score (nSPS) is 13.7. The van der Waals surface area contributed by atoms with Crippen LogP contribution in [0.4, 0.5) is 4.79 Å². The van der Waals surface area contributed by atoms with Gasteiger partial charge in [-0.05, 0) is 49.2 Å². The monoisotopic (exact) mass is 354 g/mol. The van der Waals surface area contributed by atoms with Crippen LogP contribution in [0.3, 0.4) is 0 Å². The molecule has 0 aromatic heterocycles. The van der Waals surface area contributed by atoms with Crippen LogP contribution < -0.4 is 10.1 Å². The van der Waals surface area contributed by atoms with E-state index in [-0.39, 0.29) is 12.7 Å². The van der Waals surface area contributed by atoms with Gasteiger partial charge in [0.25, 0.3) is 0 Å². The molecule has 0 radical (unpaired) electrons. The van der Waals surface area contributed by atoms with Crippen molar-refractivity contribution in [2.24, 2.45) is 0 Å². The Morgan fingerprint density at radius 2 is 1.77 bits per heavy atom. The first-order valence-electron chi connectivity index (χ1n) is 9.18. The standard InChI is InChI=1S/C21H26N2O3/c24-21(26-17-19-5-2-1-3-6-19)22-12-11-18-7-9-20(10-8-18)25-16-15-23-13-4-14-23/h1-3,5-10H,4,11-17H2,(H,22,24). The quantitative estimate of drug-likeness (QED) is 0.751. The molecule has 138 valence electrons. The van der Waals surface area contributed by atoms with Gasteiger partial charge in [-0.3, -0.25) is 4.90 Å². The minimum Gasteiger partial charge on any atom is -0.492 e. The van der Waals surface area contributed by atoms with Crippen molar-refractivity contribution in [3.63, 3.8) is 0 Å². The zero-order chi connectivity index (χ0) is 18.0. The van der Waals surface area contributed by atoms with Gasteiger partial charge in [0.2, 0.25) is 0 Å². The van der Waals surface area contributed by atoms with E-state index >= 15 is 0 Å². The zero-order valence-corrected chi connectivity index (χ0v) is 15.0. The predicted molar refractivity (Wildman–Crippen MR) is 101 cm³/mol. The summed E-state index contributed by atoms with van der Waals surface area (Å²) in [7, 11) is 0. The molecule has 5 heteroatoms. The molecule has 0 saturated carbocycles. The molecule has 0 spiro atoms. The van der Waals surface area contributed by atoms with Gasteiger partial charge in [-0.1, -0.05) is 42.5 Å². The van der Waals surface area contributed by atoms with E-state index in [0.29, 0.717) is 6.54 Å². The van der Waals surface area contributed by atoms with Crippen molar-refractivity contribution in [3.05, 3.63) is 65.7 Å². The molecular weight excluding hydrogens is 328 g/mol. The summed E-state index contributed by atoms with van der Waals surface area (Å²) < 4.78 is 10.9. The first-order chi connectivity index (χ1) is 12.8. The van der Waals surface area contributed by atoms with Gasteiger partial charge in [0.15, 0.2) is 0 Å². The van der Waals surface area contributed by atoms with Crippen LogP contribution in [-0.2, 0) is 17.8 Å². The van der Waals surface area contributed by atoms with Crippen LogP contribution in [0.15, 0.2) is 54.6 Å². The van der Waals surface area contributed by atoms with Gasteiger partial charge in [0.05, 0.1) is 0 Å². The molecular formula is C21H26N2O3. The van der Waals surface area contributed by atoms with Crippen molar-refractivity contribution in [1.29, 1.82) is 0 Å². The van der Waals surface area contributed by atoms with E-state index in [2.05, 4.69) is 10.2 Å². The maximum absolute atomic E-state index is 11.7. The third-order valence-corrected chi connectivity index (χ3v) is 4.44. The molecule has 3 rings (SSSR count). The van der Waals surface area contributed by atoms with Crippen LogP contribution in [0.2, 0.25) is 0 Å². The zero-order valence-electron chi connectivity index (χ0n) is 15.0. The number of hydrogen-bond acceptors (Lipinski definition) is 4. The summed E-state index contributed by atoms with van der Waals surface area (Å²) in [5.41, 5.74) is 2.13. The summed E-state index contributed by atoms with van der Waals surface area (Å²) in [5, 5.41) is 2.78. The van der Waals surface area contributed by atoms with Crippen LogP contribution >= 0.6 is 0 Å². The molecule has 0 atom stereocenters. The number of nitrogens with zero attached hydrogens (tertiary/aromatic N) is 1. The number of nitrogens with one attached hydrogen (secondary N) is 1. The number of likely N-dealkylation sites (tertiary alicyclic amines) is 1. The van der Waals surface area contributed by atoms with Crippen LogP contribution in [0.5, 0.6) is 5.75 Å². The number of carbonyl (C=O) groups is 1. The molecule has 1 aliphatic heterocycles. The fourth-order valence-electron chi connectivity index (χ4n) is 2.73. The highest BCUT2D eigenvalue weighted by molar-refractivity contribution is 5.67. The smallest absolute Gasteiger partial charge is 0.407 e. The Balaban J connectivity index is 1.29. The van der Waals surface area contributed by atoms with Crippen molar-refractivity contribution in [2.75, 3.05) is 32.8 Å². The third kappa shape index (κ3) is 6.08. The Morgan fingerprint density at radius 1 is 1.00 bits per heavy atom. The molecule has 5 nitrogen and oxygen atoms in total. The van der Waals surface area contributed by atoms with E-state index in [4.69, 9.17) is 9.47 Å². The molecule has 26 heavy (non-hydrogen) atoms. The van der Waals surface area contributed by atoms with Gasteiger partial charge in [-0.25, -0.2) is 4.79 Å². The van der Waals surface area contributed by atoms with E-state index < -0.39 is 0 Å². The summed E-state index contributed by atoms with van der Waals surface area (Å²) in [5.74, 6) is 0.893. The van der Waals surface area contributed by atoms with Crippen molar-refractivity contribution < 1.29 is 14.3 Å². The third-order valence-electron chi connectivity index (χ3n) is 4.44. The van der Waals surface area contributed by atoms with E-state index in [9.17, 15) is 4.79 Å². The number of rotatable bonds is 9. The van der Waals surface area contributed by atoms with Crippen LogP contribution in [0, 0.1) is 0 Å². The Labute approximate surface area is 154 Å². The number of amides is 1. The lowest BCUT2D eigenvalue weighted by Gasteiger charge is -2.30. The number of alkyl carbamates (subject to hydrolysis) is 1. The highest BCUT2D eigenvalue weighted by Gasteiger charge is 2.12. The lowest BCUT2D eigenvalue weighted by atomic mass is 10.1. The number of hydrogen-bond donors (Lipinski definition) is 1. The van der Waals surface area contributed by atoms with Crippen LogP contribution in [-0.4, -0.2) is 43.8 Å². The molecule has 2 aromatic rings. The molecule has 1 amide bonds. The minimum absolute atomic E-state index is 0.288. The first kappa shape index (κ1) is 18.3. The van der Waals surface area contributed by atoms with E-state index in [0.717, 1.165) is 36.4 Å². The van der Waals surface area contributed by atoms with Gasteiger partial charge >= 0.3 is 6.09 Å². The fourth-order valence-corrected chi connectivity index (χ4v) is 2.73. The largest absolute Gasteiger partial charge is 0.492 e. The SMILES string of the molecule is O=C(NCCc1ccc(OCCN2CCC2)cc1)OCc1ccccc1. The Morgan fingerprint density at radius 3 is 2.46 bits per heavy atom. The fraction of sp³-hybridized carbons (Fsp3) is 0.381. The van der Waals surface area contributed by atoms with Crippen molar-refractivity contribution in [3.8, 4) is 5.75 Å². The molecule has 0 aliphatic carbocycles.